The van der Waals surface area contributed by atoms with Crippen molar-refractivity contribution in [2.24, 2.45) is 0 Å². The van der Waals surface area contributed by atoms with Crippen LogP contribution >= 0.6 is 22.6 Å². The van der Waals surface area contributed by atoms with Crippen molar-refractivity contribution in [3.8, 4) is 0 Å². The average molecular weight is 318 g/mol. The number of aliphatic carboxylic acids is 1. The van der Waals surface area contributed by atoms with E-state index in [9.17, 15) is 4.79 Å². The Morgan fingerprint density at radius 2 is 2.20 bits per heavy atom. The number of alkyl halides is 1. The van der Waals surface area contributed by atoms with Gasteiger partial charge in [-0.1, -0.05) is 46.9 Å². The molecule has 0 saturated carbocycles. The monoisotopic (exact) mass is 318 g/mol. The van der Waals surface area contributed by atoms with Gasteiger partial charge in [0, 0.05) is 4.43 Å². The molecule has 0 atom stereocenters. The van der Waals surface area contributed by atoms with E-state index in [1.807, 2.05) is 18.2 Å². The Balaban J connectivity index is 3.22. The van der Waals surface area contributed by atoms with Crippen LogP contribution in [-0.4, -0.2) is 18.2 Å². The summed E-state index contributed by atoms with van der Waals surface area (Å²) in [4.78, 5) is 11.0. The Morgan fingerprint density at radius 1 is 1.53 bits per heavy atom. The fourth-order valence-electron chi connectivity index (χ4n) is 1.25. The lowest BCUT2D eigenvalue weighted by atomic mass is 10.0. The fourth-order valence-corrected chi connectivity index (χ4v) is 1.91. The van der Waals surface area contributed by atoms with Crippen molar-refractivity contribution in [3.63, 3.8) is 0 Å². The summed E-state index contributed by atoms with van der Waals surface area (Å²) in [6, 6.07) is 7.41. The summed E-state index contributed by atoms with van der Waals surface area (Å²) in [5.41, 5.74) is 1.88. The van der Waals surface area contributed by atoms with Crippen molar-refractivity contribution in [2.45, 2.75) is 4.43 Å². The van der Waals surface area contributed by atoms with Crippen LogP contribution in [-0.2, 0) is 14.0 Å². The standard InChI is InChI=1S/C11H11IO3/c1-15-7-10(11(13)14)9-5-3-2-4-8(9)6-12/h2-5,7H,6H2,1H3,(H,13,14)/b10-7-. The van der Waals surface area contributed by atoms with Gasteiger partial charge < -0.3 is 9.84 Å². The van der Waals surface area contributed by atoms with E-state index in [2.05, 4.69) is 22.6 Å². The van der Waals surface area contributed by atoms with Gasteiger partial charge in [-0.2, -0.15) is 0 Å². The van der Waals surface area contributed by atoms with Crippen molar-refractivity contribution in [1.29, 1.82) is 0 Å². The molecule has 0 amide bonds. The van der Waals surface area contributed by atoms with Crippen LogP contribution in [0.3, 0.4) is 0 Å². The SMILES string of the molecule is CO/C=C(\C(=O)O)c1ccccc1CI. The van der Waals surface area contributed by atoms with Crippen molar-refractivity contribution in [3.05, 3.63) is 41.7 Å². The molecule has 1 aromatic rings. The molecule has 0 radical (unpaired) electrons. The minimum Gasteiger partial charge on any atom is -0.503 e. The lowest BCUT2D eigenvalue weighted by Crippen LogP contribution is -2.02. The van der Waals surface area contributed by atoms with E-state index in [1.165, 1.54) is 13.4 Å². The molecule has 80 valence electrons. The van der Waals surface area contributed by atoms with E-state index in [0.717, 1.165) is 9.99 Å². The Morgan fingerprint density at radius 3 is 2.73 bits per heavy atom. The van der Waals surface area contributed by atoms with Gasteiger partial charge in [-0.05, 0) is 11.1 Å². The first kappa shape index (κ1) is 12.0. The molecule has 4 heteroatoms. The minimum absolute atomic E-state index is 0.185. The minimum atomic E-state index is -0.978. The van der Waals surface area contributed by atoms with Gasteiger partial charge in [-0.25, -0.2) is 4.79 Å². The lowest BCUT2D eigenvalue weighted by molar-refractivity contribution is -0.130. The summed E-state index contributed by atoms with van der Waals surface area (Å²) in [5, 5.41) is 9.03. The molecule has 0 spiro atoms. The maximum atomic E-state index is 11.0. The number of ether oxygens (including phenoxy) is 1. The molecule has 15 heavy (non-hydrogen) atoms. The molecule has 0 heterocycles. The maximum Gasteiger partial charge on any atom is 0.339 e. The fraction of sp³-hybridized carbons (Fsp3) is 0.182. The maximum absolute atomic E-state index is 11.0. The Labute approximate surface area is 102 Å². The number of hydrogen-bond acceptors (Lipinski definition) is 2. The normalized spacial score (nSPS) is 11.2. The van der Waals surface area contributed by atoms with Crippen molar-refractivity contribution in [1.82, 2.24) is 0 Å². The van der Waals surface area contributed by atoms with Crippen LogP contribution in [0, 0.1) is 0 Å². The highest BCUT2D eigenvalue weighted by Crippen LogP contribution is 2.21. The molecule has 0 saturated heterocycles. The number of rotatable bonds is 4. The predicted molar refractivity (Wildman–Crippen MR) is 66.8 cm³/mol. The molecular formula is C11H11IO3. The lowest BCUT2D eigenvalue weighted by Gasteiger charge is -2.07. The summed E-state index contributed by atoms with van der Waals surface area (Å²) in [5.74, 6) is -0.978. The first-order valence-electron chi connectivity index (χ1n) is 4.31. The summed E-state index contributed by atoms with van der Waals surface area (Å²) >= 11 is 2.20. The third kappa shape index (κ3) is 2.95. The number of carboxylic acid groups (broad SMARTS) is 1. The zero-order valence-corrected chi connectivity index (χ0v) is 10.4. The van der Waals surface area contributed by atoms with Gasteiger partial charge in [-0.3, -0.25) is 0 Å². The van der Waals surface area contributed by atoms with Crippen LogP contribution < -0.4 is 0 Å². The van der Waals surface area contributed by atoms with Gasteiger partial charge in [-0.15, -0.1) is 0 Å². The van der Waals surface area contributed by atoms with Crippen LogP contribution in [0.2, 0.25) is 0 Å². The molecule has 0 aliphatic carbocycles. The topological polar surface area (TPSA) is 46.5 Å². The van der Waals surface area contributed by atoms with Gasteiger partial charge in [0.25, 0.3) is 0 Å². The van der Waals surface area contributed by atoms with Gasteiger partial charge in [0.15, 0.2) is 0 Å². The molecule has 0 aromatic heterocycles. The van der Waals surface area contributed by atoms with Crippen molar-refractivity contribution >= 4 is 34.1 Å². The van der Waals surface area contributed by atoms with Gasteiger partial charge in [0.1, 0.15) is 5.57 Å². The number of halogens is 1. The van der Waals surface area contributed by atoms with E-state index in [1.54, 1.807) is 6.07 Å². The summed E-state index contributed by atoms with van der Waals surface area (Å²) < 4.78 is 5.54. The van der Waals surface area contributed by atoms with Crippen LogP contribution in [0.15, 0.2) is 30.5 Å². The molecule has 0 fully saturated rings. The molecule has 1 N–H and O–H groups in total. The second kappa shape index (κ2) is 5.75. The van der Waals surface area contributed by atoms with Crippen molar-refractivity contribution in [2.75, 3.05) is 7.11 Å². The molecular weight excluding hydrogens is 307 g/mol. The van der Waals surface area contributed by atoms with Crippen LogP contribution in [0.5, 0.6) is 0 Å². The molecule has 1 aromatic carbocycles. The highest BCUT2D eigenvalue weighted by Gasteiger charge is 2.13. The van der Waals surface area contributed by atoms with Gasteiger partial charge in [0.2, 0.25) is 0 Å². The number of methoxy groups -OCH3 is 1. The Bertz CT molecular complexity index is 385. The van der Waals surface area contributed by atoms with E-state index < -0.39 is 5.97 Å². The smallest absolute Gasteiger partial charge is 0.339 e. The van der Waals surface area contributed by atoms with Crippen molar-refractivity contribution < 1.29 is 14.6 Å². The molecule has 1 rings (SSSR count). The summed E-state index contributed by atoms with van der Waals surface area (Å²) in [7, 11) is 1.44. The predicted octanol–water partition coefficient (Wildman–Crippen LogP) is 2.69. The number of benzene rings is 1. The van der Waals surface area contributed by atoms with Gasteiger partial charge in [0.05, 0.1) is 13.4 Å². The second-order valence-corrected chi connectivity index (χ2v) is 3.63. The third-order valence-corrected chi connectivity index (χ3v) is 2.74. The first-order chi connectivity index (χ1) is 7.20. The third-order valence-electron chi connectivity index (χ3n) is 1.92. The van der Waals surface area contributed by atoms with Crippen LogP contribution in [0.25, 0.3) is 5.57 Å². The number of carbonyl (C=O) groups is 1. The zero-order valence-electron chi connectivity index (χ0n) is 8.24. The highest BCUT2D eigenvalue weighted by molar-refractivity contribution is 14.1. The summed E-state index contributed by atoms with van der Waals surface area (Å²) in [6.07, 6.45) is 1.26. The number of carboxylic acids is 1. The van der Waals surface area contributed by atoms with Crippen LogP contribution in [0.4, 0.5) is 0 Å². The van der Waals surface area contributed by atoms with Gasteiger partial charge >= 0.3 is 5.97 Å². The van der Waals surface area contributed by atoms with E-state index in [4.69, 9.17) is 9.84 Å². The Hall–Kier alpha value is -1.04. The zero-order chi connectivity index (χ0) is 11.3. The Kier molecular flexibility index (Phi) is 4.61. The first-order valence-corrected chi connectivity index (χ1v) is 5.83. The molecule has 3 nitrogen and oxygen atoms in total. The quantitative estimate of drug-likeness (QED) is 0.402. The van der Waals surface area contributed by atoms with E-state index >= 15 is 0 Å². The molecule has 0 aliphatic rings. The number of hydrogen-bond donors (Lipinski definition) is 1. The van der Waals surface area contributed by atoms with E-state index in [0.29, 0.717) is 5.56 Å². The average Bonchev–Trinajstić information content (AvgIpc) is 2.25. The second-order valence-electron chi connectivity index (χ2n) is 2.86. The highest BCUT2D eigenvalue weighted by atomic mass is 127. The van der Waals surface area contributed by atoms with Crippen LogP contribution in [0.1, 0.15) is 11.1 Å². The molecule has 0 aliphatic heterocycles. The largest absolute Gasteiger partial charge is 0.503 e. The molecule has 0 unspecified atom stereocenters. The molecule has 0 bridgehead atoms. The van der Waals surface area contributed by atoms with E-state index in [-0.39, 0.29) is 5.57 Å². The summed E-state index contributed by atoms with van der Waals surface area (Å²) in [6.45, 7) is 0.